The number of Topliss-reactive ketones (excluding diaryl/α,β-unsaturated/α-hetero) is 1. The second kappa shape index (κ2) is 6.64. The van der Waals surface area contributed by atoms with Gasteiger partial charge in [-0.25, -0.2) is 4.79 Å². The number of hydrogen-bond donors (Lipinski definition) is 2. The molecule has 3 aliphatic rings. The van der Waals surface area contributed by atoms with Crippen molar-refractivity contribution in [3.63, 3.8) is 0 Å². The zero-order valence-corrected chi connectivity index (χ0v) is 17.1. The Hall–Kier alpha value is -1.40. The molecular formula is C20H26BrNO4. The van der Waals surface area contributed by atoms with E-state index in [0.29, 0.717) is 30.4 Å². The summed E-state index contributed by atoms with van der Waals surface area (Å²) in [4.78, 5) is 25.6. The number of fused-ring (bicyclic) bond motifs is 1. The highest BCUT2D eigenvalue weighted by atomic mass is 79.9. The molecule has 1 fully saturated rings. The summed E-state index contributed by atoms with van der Waals surface area (Å²) in [5.41, 5.74) is 3.23. The minimum absolute atomic E-state index is 0.170. The second-order valence-corrected chi connectivity index (χ2v) is 8.56. The Morgan fingerprint density at radius 2 is 1.96 bits per heavy atom. The van der Waals surface area contributed by atoms with Gasteiger partial charge >= 0.3 is 6.09 Å². The Labute approximate surface area is 162 Å². The van der Waals surface area contributed by atoms with Gasteiger partial charge in [-0.05, 0) is 69.2 Å². The van der Waals surface area contributed by atoms with E-state index in [0.717, 1.165) is 41.6 Å². The van der Waals surface area contributed by atoms with E-state index >= 15 is 0 Å². The van der Waals surface area contributed by atoms with Crippen LogP contribution < -0.4 is 0 Å². The summed E-state index contributed by atoms with van der Waals surface area (Å²) in [6, 6.07) is 0. The monoisotopic (exact) mass is 423 g/mol. The predicted octanol–water partition coefficient (Wildman–Crippen LogP) is 3.83. The van der Waals surface area contributed by atoms with Gasteiger partial charge in [0.25, 0.3) is 0 Å². The third kappa shape index (κ3) is 2.78. The maximum Gasteiger partial charge on any atom is 0.407 e. The van der Waals surface area contributed by atoms with E-state index in [1.54, 1.807) is 6.92 Å². The lowest BCUT2D eigenvalue weighted by molar-refractivity contribution is -0.137. The Bertz CT molecular complexity index is 756. The number of hydrogen-bond acceptors (Lipinski definition) is 3. The van der Waals surface area contributed by atoms with Gasteiger partial charge in [0.15, 0.2) is 5.78 Å². The molecule has 0 radical (unpaired) electrons. The molecule has 0 aromatic heterocycles. The summed E-state index contributed by atoms with van der Waals surface area (Å²) in [7, 11) is 0. The van der Waals surface area contributed by atoms with Crippen LogP contribution in [0.2, 0.25) is 0 Å². The van der Waals surface area contributed by atoms with Crippen molar-refractivity contribution in [3.05, 3.63) is 33.9 Å². The molecule has 0 unspecified atom stereocenters. The molecule has 0 aliphatic heterocycles. The van der Waals surface area contributed by atoms with Crippen molar-refractivity contribution in [3.8, 4) is 0 Å². The number of rotatable bonds is 6. The third-order valence-electron chi connectivity index (χ3n) is 6.35. The molecule has 1 saturated carbocycles. The maximum atomic E-state index is 12.9. The molecule has 0 saturated heterocycles. The molecule has 2 N–H and O–H groups in total. The lowest BCUT2D eigenvalue weighted by Gasteiger charge is -2.39. The molecule has 0 aromatic rings. The number of allylic oxidation sites excluding steroid dienone is 4. The summed E-state index contributed by atoms with van der Waals surface area (Å²) in [6.45, 7) is 6.63. The topological polar surface area (TPSA) is 77.8 Å². The molecule has 6 heteroatoms. The number of aliphatic hydroxyl groups is 1. The van der Waals surface area contributed by atoms with Crippen LogP contribution in [0.5, 0.6) is 0 Å². The standard InChI is InChI=1S/C20H26BrNO4/c1-12-11-15-16(13(2)20(6-7-20)19(3,26)17(15)23)14(12)5-4-9-22(10-8-21)18(24)25/h11,26H,4-10H2,1-3H3,(H,24,25)/t19-/m0/s1. The SMILES string of the molecule is CC1=C(CCCN(CCBr)C(=O)O)C2=C(C)C3(CC3)[C@@](C)(O)C(=O)C2=C1. The first-order chi connectivity index (χ1) is 12.2. The largest absolute Gasteiger partial charge is 0.465 e. The number of ketones is 1. The summed E-state index contributed by atoms with van der Waals surface area (Å²) >= 11 is 3.28. The molecule has 5 nitrogen and oxygen atoms in total. The minimum atomic E-state index is -1.32. The highest BCUT2D eigenvalue weighted by Crippen LogP contribution is 2.65. The van der Waals surface area contributed by atoms with Gasteiger partial charge in [-0.15, -0.1) is 0 Å². The number of carbonyl (C=O) groups is 2. The molecule has 26 heavy (non-hydrogen) atoms. The van der Waals surface area contributed by atoms with E-state index in [-0.39, 0.29) is 5.78 Å². The van der Waals surface area contributed by atoms with Crippen LogP contribution in [0, 0.1) is 5.41 Å². The highest BCUT2D eigenvalue weighted by Gasteiger charge is 2.64. The van der Waals surface area contributed by atoms with Crippen molar-refractivity contribution < 1.29 is 19.8 Å². The predicted molar refractivity (Wildman–Crippen MR) is 103 cm³/mol. The van der Waals surface area contributed by atoms with E-state index < -0.39 is 17.1 Å². The van der Waals surface area contributed by atoms with Crippen LogP contribution >= 0.6 is 15.9 Å². The van der Waals surface area contributed by atoms with Gasteiger partial charge in [-0.2, -0.15) is 0 Å². The van der Waals surface area contributed by atoms with Gasteiger partial charge in [0.2, 0.25) is 0 Å². The van der Waals surface area contributed by atoms with Crippen LogP contribution in [-0.2, 0) is 4.79 Å². The van der Waals surface area contributed by atoms with Gasteiger partial charge in [-0.1, -0.05) is 21.5 Å². The van der Waals surface area contributed by atoms with Crippen LogP contribution in [0.25, 0.3) is 0 Å². The van der Waals surface area contributed by atoms with Gasteiger partial charge in [0.1, 0.15) is 5.60 Å². The van der Waals surface area contributed by atoms with Gasteiger partial charge in [-0.3, -0.25) is 4.79 Å². The number of nitrogens with zero attached hydrogens (tertiary/aromatic N) is 1. The van der Waals surface area contributed by atoms with E-state index in [4.69, 9.17) is 0 Å². The molecular weight excluding hydrogens is 398 g/mol. The molecule has 1 amide bonds. The zero-order chi connectivity index (χ0) is 19.3. The van der Waals surface area contributed by atoms with Crippen LogP contribution in [0.3, 0.4) is 0 Å². The third-order valence-corrected chi connectivity index (χ3v) is 6.70. The van der Waals surface area contributed by atoms with Gasteiger partial charge in [0, 0.05) is 29.4 Å². The van der Waals surface area contributed by atoms with Crippen LogP contribution in [-0.4, -0.2) is 51.0 Å². The number of halogens is 1. The molecule has 3 rings (SSSR count). The first kappa shape index (κ1) is 19.4. The highest BCUT2D eigenvalue weighted by molar-refractivity contribution is 9.09. The lowest BCUT2D eigenvalue weighted by Crippen LogP contribution is -2.49. The number of carbonyl (C=O) groups excluding carboxylic acids is 1. The first-order valence-electron chi connectivity index (χ1n) is 9.12. The molecule has 142 valence electrons. The summed E-state index contributed by atoms with van der Waals surface area (Å²) in [5, 5.41) is 20.7. The Kier molecular flexibility index (Phi) is 4.95. The number of carboxylic acid groups (broad SMARTS) is 1. The molecule has 0 heterocycles. The Morgan fingerprint density at radius 1 is 1.31 bits per heavy atom. The van der Waals surface area contributed by atoms with E-state index in [9.17, 15) is 19.8 Å². The molecule has 1 atom stereocenters. The fraction of sp³-hybridized carbons (Fsp3) is 0.600. The molecule has 0 bridgehead atoms. The number of amides is 1. The molecule has 0 aromatic carbocycles. The van der Waals surface area contributed by atoms with E-state index in [1.807, 2.05) is 19.9 Å². The van der Waals surface area contributed by atoms with Crippen molar-refractivity contribution in [2.45, 2.75) is 52.1 Å². The Morgan fingerprint density at radius 3 is 2.50 bits per heavy atom. The normalized spacial score (nSPS) is 26.3. The van der Waals surface area contributed by atoms with Crippen LogP contribution in [0.15, 0.2) is 33.9 Å². The molecule has 3 aliphatic carbocycles. The smallest absolute Gasteiger partial charge is 0.407 e. The van der Waals surface area contributed by atoms with Crippen molar-refractivity contribution >= 4 is 27.8 Å². The summed E-state index contributed by atoms with van der Waals surface area (Å²) in [5.74, 6) is -0.170. The van der Waals surface area contributed by atoms with E-state index in [2.05, 4.69) is 15.9 Å². The Balaban J connectivity index is 1.82. The van der Waals surface area contributed by atoms with Crippen molar-refractivity contribution in [2.75, 3.05) is 18.4 Å². The van der Waals surface area contributed by atoms with E-state index in [1.165, 1.54) is 4.90 Å². The average molecular weight is 424 g/mol. The summed E-state index contributed by atoms with van der Waals surface area (Å²) < 4.78 is 0. The lowest BCUT2D eigenvalue weighted by atomic mass is 9.67. The quantitative estimate of drug-likeness (QED) is 0.636. The average Bonchev–Trinajstić information content (AvgIpc) is 3.32. The maximum absolute atomic E-state index is 12.9. The first-order valence-corrected chi connectivity index (χ1v) is 10.2. The van der Waals surface area contributed by atoms with Crippen LogP contribution in [0.4, 0.5) is 4.79 Å². The molecule has 1 spiro atoms. The number of alkyl halides is 1. The second-order valence-electron chi connectivity index (χ2n) is 7.77. The van der Waals surface area contributed by atoms with Gasteiger partial charge < -0.3 is 15.1 Å². The zero-order valence-electron chi connectivity index (χ0n) is 15.6. The van der Waals surface area contributed by atoms with Crippen LogP contribution in [0.1, 0.15) is 46.5 Å². The van der Waals surface area contributed by atoms with Crippen molar-refractivity contribution in [1.29, 1.82) is 0 Å². The fourth-order valence-corrected chi connectivity index (χ4v) is 5.02. The minimum Gasteiger partial charge on any atom is -0.465 e. The van der Waals surface area contributed by atoms with Crippen molar-refractivity contribution in [2.24, 2.45) is 5.41 Å². The summed E-state index contributed by atoms with van der Waals surface area (Å²) in [6.07, 6.45) is 4.12. The fourth-order valence-electron chi connectivity index (χ4n) is 4.59. The van der Waals surface area contributed by atoms with Crippen molar-refractivity contribution in [1.82, 2.24) is 4.90 Å². The van der Waals surface area contributed by atoms with Gasteiger partial charge in [0.05, 0.1) is 0 Å².